The van der Waals surface area contributed by atoms with Crippen LogP contribution in [0.15, 0.2) is 24.3 Å². The maximum atomic E-state index is 11.7. The normalized spacial score (nSPS) is 14.9. The van der Waals surface area contributed by atoms with Gasteiger partial charge < -0.3 is 14.8 Å². The first-order valence-corrected chi connectivity index (χ1v) is 6.32. The number of benzene rings is 1. The SMILES string of the molecule is COCCOc1ccc(NC(=O)C2CCC2)cc1. The number of hydrogen-bond acceptors (Lipinski definition) is 3. The molecule has 1 aliphatic rings. The zero-order valence-electron chi connectivity index (χ0n) is 10.6. The van der Waals surface area contributed by atoms with E-state index in [4.69, 9.17) is 9.47 Å². The fourth-order valence-electron chi connectivity index (χ4n) is 1.79. The molecule has 1 aromatic rings. The summed E-state index contributed by atoms with van der Waals surface area (Å²) in [6.07, 6.45) is 3.21. The van der Waals surface area contributed by atoms with E-state index in [0.717, 1.165) is 24.3 Å². The Morgan fingerprint density at radius 2 is 2.00 bits per heavy atom. The van der Waals surface area contributed by atoms with Gasteiger partial charge in [-0.2, -0.15) is 0 Å². The molecule has 4 nitrogen and oxygen atoms in total. The molecule has 98 valence electrons. The number of methoxy groups -OCH3 is 1. The lowest BCUT2D eigenvalue weighted by Gasteiger charge is -2.24. The van der Waals surface area contributed by atoms with Gasteiger partial charge in [-0.3, -0.25) is 4.79 Å². The maximum Gasteiger partial charge on any atom is 0.227 e. The van der Waals surface area contributed by atoms with Crippen LogP contribution in [0.4, 0.5) is 5.69 Å². The molecule has 2 rings (SSSR count). The molecule has 1 N–H and O–H groups in total. The van der Waals surface area contributed by atoms with Crippen molar-refractivity contribution in [3.05, 3.63) is 24.3 Å². The summed E-state index contributed by atoms with van der Waals surface area (Å²) < 4.78 is 10.4. The summed E-state index contributed by atoms with van der Waals surface area (Å²) in [6, 6.07) is 7.43. The minimum absolute atomic E-state index is 0.134. The van der Waals surface area contributed by atoms with Gasteiger partial charge in [-0.1, -0.05) is 6.42 Å². The van der Waals surface area contributed by atoms with Gasteiger partial charge in [-0.05, 0) is 37.1 Å². The second kappa shape index (κ2) is 6.40. The molecule has 18 heavy (non-hydrogen) atoms. The van der Waals surface area contributed by atoms with Crippen molar-refractivity contribution in [2.75, 3.05) is 25.6 Å². The quantitative estimate of drug-likeness (QED) is 0.788. The van der Waals surface area contributed by atoms with Crippen LogP contribution in [0.1, 0.15) is 19.3 Å². The maximum absolute atomic E-state index is 11.7. The van der Waals surface area contributed by atoms with Crippen LogP contribution in [0.5, 0.6) is 5.75 Å². The van der Waals surface area contributed by atoms with E-state index in [-0.39, 0.29) is 11.8 Å². The largest absolute Gasteiger partial charge is 0.491 e. The third-order valence-corrected chi connectivity index (χ3v) is 3.15. The van der Waals surface area contributed by atoms with Crippen LogP contribution in [0.25, 0.3) is 0 Å². The van der Waals surface area contributed by atoms with Crippen LogP contribution >= 0.6 is 0 Å². The van der Waals surface area contributed by atoms with Crippen LogP contribution in [0.3, 0.4) is 0 Å². The number of hydrogen-bond donors (Lipinski definition) is 1. The first-order chi connectivity index (χ1) is 8.79. The van der Waals surface area contributed by atoms with Crippen LogP contribution in [-0.2, 0) is 9.53 Å². The molecule has 0 unspecified atom stereocenters. The van der Waals surface area contributed by atoms with E-state index in [2.05, 4.69) is 5.32 Å². The molecule has 0 spiro atoms. The van der Waals surface area contributed by atoms with Crippen molar-refractivity contribution in [1.82, 2.24) is 0 Å². The van der Waals surface area contributed by atoms with Gasteiger partial charge in [0.15, 0.2) is 0 Å². The summed E-state index contributed by atoms with van der Waals surface area (Å²) in [4.78, 5) is 11.7. The van der Waals surface area contributed by atoms with E-state index >= 15 is 0 Å². The lowest BCUT2D eigenvalue weighted by molar-refractivity contribution is -0.122. The summed E-state index contributed by atoms with van der Waals surface area (Å²) in [5.74, 6) is 1.13. The Morgan fingerprint density at radius 3 is 2.56 bits per heavy atom. The number of carbonyl (C=O) groups excluding carboxylic acids is 1. The van der Waals surface area contributed by atoms with Crippen molar-refractivity contribution in [2.45, 2.75) is 19.3 Å². The molecule has 1 amide bonds. The summed E-state index contributed by atoms with van der Waals surface area (Å²) in [6.45, 7) is 1.10. The predicted molar refractivity (Wildman–Crippen MR) is 69.8 cm³/mol. The highest BCUT2D eigenvalue weighted by atomic mass is 16.5. The number of nitrogens with one attached hydrogen (secondary N) is 1. The van der Waals surface area contributed by atoms with Gasteiger partial charge in [0.1, 0.15) is 12.4 Å². The molecule has 1 fully saturated rings. The van der Waals surface area contributed by atoms with Crippen LogP contribution in [-0.4, -0.2) is 26.2 Å². The van der Waals surface area contributed by atoms with Crippen LogP contribution < -0.4 is 10.1 Å². The van der Waals surface area contributed by atoms with E-state index in [9.17, 15) is 4.79 Å². The van der Waals surface area contributed by atoms with Crippen LogP contribution in [0, 0.1) is 5.92 Å². The molecule has 0 aliphatic heterocycles. The number of ether oxygens (including phenoxy) is 2. The monoisotopic (exact) mass is 249 g/mol. The van der Waals surface area contributed by atoms with E-state index in [1.165, 1.54) is 6.42 Å². The second-order valence-corrected chi connectivity index (χ2v) is 4.48. The van der Waals surface area contributed by atoms with Crippen molar-refractivity contribution >= 4 is 11.6 Å². The fourth-order valence-corrected chi connectivity index (χ4v) is 1.79. The zero-order valence-corrected chi connectivity index (χ0v) is 10.6. The summed E-state index contributed by atoms with van der Waals surface area (Å²) in [5.41, 5.74) is 0.825. The van der Waals surface area contributed by atoms with Crippen molar-refractivity contribution in [1.29, 1.82) is 0 Å². The van der Waals surface area contributed by atoms with E-state index in [1.54, 1.807) is 7.11 Å². The van der Waals surface area contributed by atoms with Gasteiger partial charge in [0.2, 0.25) is 5.91 Å². The predicted octanol–water partition coefficient (Wildman–Crippen LogP) is 2.45. The van der Waals surface area contributed by atoms with Gasteiger partial charge in [0.05, 0.1) is 6.61 Å². The molecular formula is C14H19NO3. The molecule has 4 heteroatoms. The standard InChI is InChI=1S/C14H19NO3/c1-17-9-10-18-13-7-5-12(6-8-13)15-14(16)11-3-2-4-11/h5-8,11H,2-4,9-10H2,1H3,(H,15,16). The zero-order chi connectivity index (χ0) is 12.8. The van der Waals surface area contributed by atoms with Crippen molar-refractivity contribution in [3.8, 4) is 5.75 Å². The highest BCUT2D eigenvalue weighted by Crippen LogP contribution is 2.27. The van der Waals surface area contributed by atoms with Crippen molar-refractivity contribution in [2.24, 2.45) is 5.92 Å². The molecule has 0 bridgehead atoms. The molecule has 0 aromatic heterocycles. The average Bonchev–Trinajstić information content (AvgIpc) is 2.29. The molecule has 1 aliphatic carbocycles. The van der Waals surface area contributed by atoms with Crippen molar-refractivity contribution in [3.63, 3.8) is 0 Å². The summed E-state index contributed by atoms with van der Waals surface area (Å²) >= 11 is 0. The summed E-state index contributed by atoms with van der Waals surface area (Å²) in [7, 11) is 1.64. The topological polar surface area (TPSA) is 47.6 Å². The highest BCUT2D eigenvalue weighted by molar-refractivity contribution is 5.93. The van der Waals surface area contributed by atoms with E-state index in [1.807, 2.05) is 24.3 Å². The number of anilines is 1. The molecule has 0 radical (unpaired) electrons. The van der Waals surface area contributed by atoms with E-state index in [0.29, 0.717) is 13.2 Å². The Labute approximate surface area is 107 Å². The lowest BCUT2D eigenvalue weighted by atomic mass is 9.85. The Bertz CT molecular complexity index is 385. The lowest BCUT2D eigenvalue weighted by Crippen LogP contribution is -2.27. The minimum Gasteiger partial charge on any atom is -0.491 e. The number of carbonyl (C=O) groups is 1. The molecule has 1 saturated carbocycles. The Balaban J connectivity index is 1.81. The Kier molecular flexibility index (Phi) is 4.59. The highest BCUT2D eigenvalue weighted by Gasteiger charge is 2.24. The molecule has 1 aromatic carbocycles. The Hall–Kier alpha value is -1.55. The van der Waals surface area contributed by atoms with E-state index < -0.39 is 0 Å². The molecule has 0 atom stereocenters. The van der Waals surface area contributed by atoms with Gasteiger partial charge >= 0.3 is 0 Å². The number of rotatable bonds is 6. The van der Waals surface area contributed by atoms with Gasteiger partial charge in [-0.15, -0.1) is 0 Å². The third kappa shape index (κ3) is 3.47. The minimum atomic E-state index is 0.134. The first kappa shape index (κ1) is 12.9. The average molecular weight is 249 g/mol. The van der Waals surface area contributed by atoms with Crippen molar-refractivity contribution < 1.29 is 14.3 Å². The smallest absolute Gasteiger partial charge is 0.227 e. The first-order valence-electron chi connectivity index (χ1n) is 6.32. The van der Waals surface area contributed by atoms with Gasteiger partial charge in [0.25, 0.3) is 0 Å². The molecule has 0 heterocycles. The molecule has 0 saturated heterocycles. The summed E-state index contributed by atoms with van der Waals surface area (Å²) in [5, 5.41) is 2.92. The third-order valence-electron chi connectivity index (χ3n) is 3.15. The van der Waals surface area contributed by atoms with Gasteiger partial charge in [-0.25, -0.2) is 0 Å². The molecular weight excluding hydrogens is 230 g/mol. The fraction of sp³-hybridized carbons (Fsp3) is 0.500. The Morgan fingerprint density at radius 1 is 1.28 bits per heavy atom. The van der Waals surface area contributed by atoms with Crippen LogP contribution in [0.2, 0.25) is 0 Å². The second-order valence-electron chi connectivity index (χ2n) is 4.48. The number of amides is 1. The van der Waals surface area contributed by atoms with Gasteiger partial charge in [0, 0.05) is 18.7 Å².